The third-order valence-corrected chi connectivity index (χ3v) is 4.13. The molecule has 4 nitrogen and oxygen atoms in total. The zero-order valence-corrected chi connectivity index (χ0v) is 13.0. The Morgan fingerprint density at radius 3 is 2.81 bits per heavy atom. The molecule has 1 aliphatic heterocycles. The van der Waals surface area contributed by atoms with Crippen LogP contribution >= 0.6 is 27.5 Å². The van der Waals surface area contributed by atoms with Crippen molar-refractivity contribution in [3.63, 3.8) is 0 Å². The number of hydrogen-bond acceptors (Lipinski definition) is 3. The van der Waals surface area contributed by atoms with Gasteiger partial charge in [0.2, 0.25) is 0 Å². The largest absolute Gasteiger partial charge is 0.369 e. The highest BCUT2D eigenvalue weighted by molar-refractivity contribution is 9.10. The first-order valence-electron chi connectivity index (χ1n) is 6.15. The Kier molecular flexibility index (Phi) is 3.58. The standard InChI is InChI=1S/C15H9BrClN3O/c16-11-5-8(7-18)1-3-13(11)19-14-10-6-9(17)2-4-12(10)20-15(14)21/h1-6,14,19H,(H,20,21). The Morgan fingerprint density at radius 2 is 2.10 bits per heavy atom. The molecule has 6 heteroatoms. The minimum Gasteiger partial charge on any atom is -0.369 e. The molecule has 0 radical (unpaired) electrons. The van der Waals surface area contributed by atoms with Gasteiger partial charge >= 0.3 is 0 Å². The van der Waals surface area contributed by atoms with Crippen LogP contribution in [0.4, 0.5) is 11.4 Å². The molecule has 0 saturated carbocycles. The van der Waals surface area contributed by atoms with E-state index in [4.69, 9.17) is 16.9 Å². The van der Waals surface area contributed by atoms with Gasteiger partial charge in [-0.1, -0.05) is 11.6 Å². The van der Waals surface area contributed by atoms with Crippen LogP contribution in [0, 0.1) is 11.3 Å². The van der Waals surface area contributed by atoms with E-state index < -0.39 is 6.04 Å². The summed E-state index contributed by atoms with van der Waals surface area (Å²) in [6.45, 7) is 0. The zero-order valence-electron chi connectivity index (χ0n) is 10.7. The lowest BCUT2D eigenvalue weighted by Gasteiger charge is -2.14. The van der Waals surface area contributed by atoms with Gasteiger partial charge < -0.3 is 10.6 Å². The number of nitrogens with one attached hydrogen (secondary N) is 2. The van der Waals surface area contributed by atoms with Crippen LogP contribution in [0.5, 0.6) is 0 Å². The third-order valence-electron chi connectivity index (χ3n) is 3.24. The van der Waals surface area contributed by atoms with Crippen LogP contribution in [0.15, 0.2) is 40.9 Å². The van der Waals surface area contributed by atoms with Crippen LogP contribution in [0.2, 0.25) is 5.02 Å². The van der Waals surface area contributed by atoms with Gasteiger partial charge in [-0.2, -0.15) is 5.26 Å². The molecule has 2 aromatic carbocycles. The third kappa shape index (κ3) is 2.60. The van der Waals surface area contributed by atoms with Gasteiger partial charge in [0.05, 0.1) is 11.6 Å². The number of benzene rings is 2. The van der Waals surface area contributed by atoms with E-state index in [1.807, 2.05) is 0 Å². The van der Waals surface area contributed by atoms with Crippen molar-refractivity contribution in [2.75, 3.05) is 10.6 Å². The number of carbonyl (C=O) groups is 1. The van der Waals surface area contributed by atoms with Gasteiger partial charge in [-0.3, -0.25) is 4.79 Å². The predicted octanol–water partition coefficient (Wildman–Crippen LogP) is 4.08. The smallest absolute Gasteiger partial charge is 0.251 e. The van der Waals surface area contributed by atoms with E-state index in [9.17, 15) is 4.79 Å². The maximum absolute atomic E-state index is 12.1. The maximum atomic E-state index is 12.1. The van der Waals surface area contributed by atoms with Crippen molar-refractivity contribution in [2.45, 2.75) is 6.04 Å². The molecule has 1 amide bonds. The normalized spacial score (nSPS) is 16.0. The molecule has 1 aliphatic rings. The van der Waals surface area contributed by atoms with Crippen molar-refractivity contribution in [1.82, 2.24) is 0 Å². The summed E-state index contributed by atoms with van der Waals surface area (Å²) in [5.41, 5.74) is 2.85. The van der Waals surface area contributed by atoms with Crippen LogP contribution in [-0.4, -0.2) is 5.91 Å². The number of rotatable bonds is 2. The predicted molar refractivity (Wildman–Crippen MR) is 85.3 cm³/mol. The molecule has 104 valence electrons. The van der Waals surface area contributed by atoms with Crippen LogP contribution in [-0.2, 0) is 4.79 Å². The summed E-state index contributed by atoms with van der Waals surface area (Å²) in [4.78, 5) is 12.1. The van der Waals surface area contributed by atoms with Gasteiger partial charge in [0.25, 0.3) is 5.91 Å². The second kappa shape index (κ2) is 5.40. The molecular formula is C15H9BrClN3O. The van der Waals surface area contributed by atoms with E-state index >= 15 is 0 Å². The Morgan fingerprint density at radius 1 is 1.29 bits per heavy atom. The molecule has 0 spiro atoms. The molecule has 0 aliphatic carbocycles. The summed E-state index contributed by atoms with van der Waals surface area (Å²) in [5, 5.41) is 15.4. The fourth-order valence-electron chi connectivity index (χ4n) is 2.23. The molecule has 0 saturated heterocycles. The summed E-state index contributed by atoms with van der Waals surface area (Å²) in [6, 6.07) is 12.0. The van der Waals surface area contributed by atoms with Gasteiger partial charge in [0, 0.05) is 26.4 Å². The monoisotopic (exact) mass is 361 g/mol. The molecular weight excluding hydrogens is 354 g/mol. The number of hydrogen-bond donors (Lipinski definition) is 2. The average Bonchev–Trinajstić information content (AvgIpc) is 2.77. The topological polar surface area (TPSA) is 64.9 Å². The van der Waals surface area contributed by atoms with Gasteiger partial charge in [0.15, 0.2) is 0 Å². The lowest BCUT2D eigenvalue weighted by atomic mass is 10.1. The number of amides is 1. The van der Waals surface area contributed by atoms with Gasteiger partial charge in [-0.15, -0.1) is 0 Å². The molecule has 3 rings (SSSR count). The highest BCUT2D eigenvalue weighted by Gasteiger charge is 2.30. The van der Waals surface area contributed by atoms with Crippen LogP contribution in [0.25, 0.3) is 0 Å². The highest BCUT2D eigenvalue weighted by atomic mass is 79.9. The van der Waals surface area contributed by atoms with Crippen LogP contribution in [0.1, 0.15) is 17.2 Å². The first-order chi connectivity index (χ1) is 10.1. The second-order valence-electron chi connectivity index (χ2n) is 4.60. The number of halogens is 2. The van der Waals surface area contributed by atoms with Crippen molar-refractivity contribution >= 4 is 44.8 Å². The Labute approximate surface area is 134 Å². The molecule has 1 heterocycles. The van der Waals surface area contributed by atoms with Crippen molar-refractivity contribution in [3.05, 3.63) is 57.0 Å². The van der Waals surface area contributed by atoms with E-state index in [0.29, 0.717) is 10.6 Å². The SMILES string of the molecule is N#Cc1ccc(NC2C(=O)Nc3ccc(Cl)cc32)c(Br)c1. The molecule has 0 bridgehead atoms. The first kappa shape index (κ1) is 13.9. The quantitative estimate of drug-likeness (QED) is 0.846. The number of anilines is 2. The Hall–Kier alpha value is -2.03. The van der Waals surface area contributed by atoms with Crippen molar-refractivity contribution < 1.29 is 4.79 Å². The fraction of sp³-hybridized carbons (Fsp3) is 0.0667. The van der Waals surface area contributed by atoms with E-state index in [1.165, 1.54) is 0 Å². The molecule has 2 N–H and O–H groups in total. The molecule has 21 heavy (non-hydrogen) atoms. The van der Waals surface area contributed by atoms with E-state index in [1.54, 1.807) is 36.4 Å². The van der Waals surface area contributed by atoms with Gasteiger partial charge in [-0.05, 0) is 52.3 Å². The minimum absolute atomic E-state index is 0.136. The minimum atomic E-state index is -0.511. The number of carbonyl (C=O) groups excluding carboxylic acids is 1. The lowest BCUT2D eigenvalue weighted by Crippen LogP contribution is -2.19. The van der Waals surface area contributed by atoms with E-state index in [2.05, 4.69) is 32.6 Å². The lowest BCUT2D eigenvalue weighted by molar-refractivity contribution is -0.116. The second-order valence-corrected chi connectivity index (χ2v) is 5.90. The van der Waals surface area contributed by atoms with E-state index in [-0.39, 0.29) is 5.91 Å². The Balaban J connectivity index is 1.94. The molecule has 1 atom stereocenters. The average molecular weight is 363 g/mol. The molecule has 1 unspecified atom stereocenters. The Bertz CT molecular complexity index is 785. The molecule has 0 fully saturated rings. The number of nitrogens with zero attached hydrogens (tertiary/aromatic N) is 1. The molecule has 0 aromatic heterocycles. The molecule has 2 aromatic rings. The van der Waals surface area contributed by atoms with Crippen molar-refractivity contribution in [2.24, 2.45) is 0 Å². The summed E-state index contributed by atoms with van der Waals surface area (Å²) in [6.07, 6.45) is 0. The zero-order chi connectivity index (χ0) is 15.0. The number of nitriles is 1. The summed E-state index contributed by atoms with van der Waals surface area (Å²) < 4.78 is 0.727. The summed E-state index contributed by atoms with van der Waals surface area (Å²) in [7, 11) is 0. The number of fused-ring (bicyclic) bond motifs is 1. The maximum Gasteiger partial charge on any atom is 0.251 e. The van der Waals surface area contributed by atoms with Crippen molar-refractivity contribution in [1.29, 1.82) is 5.26 Å². The fourth-order valence-corrected chi connectivity index (χ4v) is 2.91. The van der Waals surface area contributed by atoms with Crippen LogP contribution < -0.4 is 10.6 Å². The first-order valence-corrected chi connectivity index (χ1v) is 7.32. The summed E-state index contributed by atoms with van der Waals surface area (Å²) in [5.74, 6) is -0.136. The van der Waals surface area contributed by atoms with Gasteiger partial charge in [-0.25, -0.2) is 0 Å². The van der Waals surface area contributed by atoms with Crippen molar-refractivity contribution in [3.8, 4) is 6.07 Å². The van der Waals surface area contributed by atoms with E-state index in [0.717, 1.165) is 21.4 Å². The summed E-state index contributed by atoms with van der Waals surface area (Å²) >= 11 is 9.40. The van der Waals surface area contributed by atoms with Crippen LogP contribution in [0.3, 0.4) is 0 Å². The highest BCUT2D eigenvalue weighted by Crippen LogP contribution is 2.36. The van der Waals surface area contributed by atoms with Gasteiger partial charge in [0.1, 0.15) is 6.04 Å².